The highest BCUT2D eigenvalue weighted by atomic mass is 16.2. The van der Waals surface area contributed by atoms with Crippen LogP contribution in [0.5, 0.6) is 0 Å². The van der Waals surface area contributed by atoms with Crippen molar-refractivity contribution in [1.29, 1.82) is 0 Å². The number of carbonyl (C=O) groups is 1. The van der Waals surface area contributed by atoms with Crippen LogP contribution >= 0.6 is 0 Å². The lowest BCUT2D eigenvalue weighted by molar-refractivity contribution is -0.130. The highest BCUT2D eigenvalue weighted by Gasteiger charge is 2.14. The van der Waals surface area contributed by atoms with Crippen molar-refractivity contribution in [2.75, 3.05) is 7.05 Å². The topological polar surface area (TPSA) is 56.0 Å². The minimum absolute atomic E-state index is 0.140. The molecule has 2 aromatic rings. The Bertz CT molecular complexity index is 641. The van der Waals surface area contributed by atoms with E-state index in [9.17, 15) is 4.79 Å². The number of carbonyl (C=O) groups excluding carboxylic acids is 1. The quantitative estimate of drug-likeness (QED) is 0.835. The molecular weight excluding hydrogens is 266 g/mol. The van der Waals surface area contributed by atoms with E-state index in [0.29, 0.717) is 13.0 Å². The Kier molecular flexibility index (Phi) is 4.45. The summed E-state index contributed by atoms with van der Waals surface area (Å²) in [5, 5.41) is 8.50. The zero-order valence-corrected chi connectivity index (χ0v) is 13.4. The Morgan fingerprint density at radius 2 is 2.05 bits per heavy atom. The molecule has 21 heavy (non-hydrogen) atoms. The average molecular weight is 289 g/mol. The van der Waals surface area contributed by atoms with Crippen molar-refractivity contribution in [2.24, 2.45) is 14.1 Å². The smallest absolute Gasteiger partial charge is 0.222 e. The number of rotatable bonds is 5. The van der Waals surface area contributed by atoms with Gasteiger partial charge in [0.25, 0.3) is 0 Å². The summed E-state index contributed by atoms with van der Waals surface area (Å²) in [6.45, 7) is 4.63. The second-order valence-corrected chi connectivity index (χ2v) is 5.55. The molecule has 0 bridgehead atoms. The fourth-order valence-electron chi connectivity index (χ4n) is 2.52. The summed E-state index contributed by atoms with van der Waals surface area (Å²) < 4.78 is 3.62. The molecule has 0 unspecified atom stereocenters. The van der Waals surface area contributed by atoms with E-state index in [4.69, 9.17) is 0 Å². The van der Waals surface area contributed by atoms with Crippen molar-refractivity contribution in [1.82, 2.24) is 24.5 Å². The molecule has 0 aliphatic carbocycles. The lowest BCUT2D eigenvalue weighted by Gasteiger charge is -2.16. The molecule has 6 nitrogen and oxygen atoms in total. The van der Waals surface area contributed by atoms with Crippen LogP contribution in [0.1, 0.15) is 28.9 Å². The Morgan fingerprint density at radius 3 is 2.57 bits per heavy atom. The van der Waals surface area contributed by atoms with Crippen LogP contribution in [0.3, 0.4) is 0 Å². The van der Waals surface area contributed by atoms with Gasteiger partial charge in [0, 0.05) is 51.6 Å². The van der Waals surface area contributed by atoms with Crippen LogP contribution in [0.2, 0.25) is 0 Å². The zero-order chi connectivity index (χ0) is 15.6. The van der Waals surface area contributed by atoms with E-state index in [1.54, 1.807) is 15.8 Å². The maximum atomic E-state index is 12.2. The van der Waals surface area contributed by atoms with Gasteiger partial charge >= 0.3 is 0 Å². The van der Waals surface area contributed by atoms with Gasteiger partial charge in [0.15, 0.2) is 0 Å². The molecule has 114 valence electrons. The molecule has 1 amide bonds. The van der Waals surface area contributed by atoms with E-state index in [2.05, 4.69) is 10.2 Å². The molecule has 0 N–H and O–H groups in total. The molecule has 2 aromatic heterocycles. The maximum absolute atomic E-state index is 12.2. The number of hydrogen-bond acceptors (Lipinski definition) is 3. The molecular formula is C15H23N5O. The first kappa shape index (κ1) is 15.3. The minimum atomic E-state index is 0.140. The molecule has 0 spiro atoms. The van der Waals surface area contributed by atoms with E-state index in [0.717, 1.165) is 23.4 Å². The van der Waals surface area contributed by atoms with Crippen LogP contribution < -0.4 is 0 Å². The molecule has 0 radical (unpaired) electrons. The third kappa shape index (κ3) is 3.51. The molecule has 0 aromatic carbocycles. The fourth-order valence-corrected chi connectivity index (χ4v) is 2.52. The molecule has 0 saturated carbocycles. The van der Waals surface area contributed by atoms with Gasteiger partial charge in [-0.2, -0.15) is 10.2 Å². The average Bonchev–Trinajstić information content (AvgIpc) is 2.92. The number of nitrogens with zero attached hydrogens (tertiary/aromatic N) is 5. The van der Waals surface area contributed by atoms with Gasteiger partial charge in [-0.25, -0.2) is 0 Å². The Balaban J connectivity index is 1.92. The Labute approximate surface area is 125 Å². The van der Waals surface area contributed by atoms with E-state index < -0.39 is 0 Å². The maximum Gasteiger partial charge on any atom is 0.222 e. The van der Waals surface area contributed by atoms with Crippen molar-refractivity contribution in [2.45, 2.75) is 33.2 Å². The second kappa shape index (κ2) is 6.11. The van der Waals surface area contributed by atoms with Crippen molar-refractivity contribution in [3.63, 3.8) is 0 Å². The first-order valence-electron chi connectivity index (χ1n) is 7.09. The van der Waals surface area contributed by atoms with Crippen LogP contribution in [0.15, 0.2) is 12.4 Å². The van der Waals surface area contributed by atoms with Crippen LogP contribution in [-0.4, -0.2) is 37.4 Å². The molecule has 0 aliphatic rings. The van der Waals surface area contributed by atoms with Crippen molar-refractivity contribution >= 4 is 5.91 Å². The zero-order valence-electron chi connectivity index (χ0n) is 13.4. The molecule has 0 saturated heterocycles. The molecule has 0 atom stereocenters. The summed E-state index contributed by atoms with van der Waals surface area (Å²) in [6, 6.07) is 0. The lowest BCUT2D eigenvalue weighted by Crippen LogP contribution is -2.26. The van der Waals surface area contributed by atoms with E-state index in [-0.39, 0.29) is 5.91 Å². The number of aromatic nitrogens is 4. The van der Waals surface area contributed by atoms with Gasteiger partial charge < -0.3 is 4.90 Å². The molecule has 6 heteroatoms. The molecule has 2 heterocycles. The third-order valence-electron chi connectivity index (χ3n) is 3.85. The van der Waals surface area contributed by atoms with Gasteiger partial charge in [0.05, 0.1) is 11.9 Å². The summed E-state index contributed by atoms with van der Waals surface area (Å²) in [5.74, 6) is 0.140. The number of amides is 1. The SMILES string of the molecule is Cc1nn(C)c(C)c1CCC(=O)N(C)Cc1cnn(C)c1. The van der Waals surface area contributed by atoms with E-state index >= 15 is 0 Å². The molecule has 0 aliphatic heterocycles. The molecule has 0 fully saturated rings. The largest absolute Gasteiger partial charge is 0.341 e. The number of aryl methyl sites for hydroxylation is 3. The summed E-state index contributed by atoms with van der Waals surface area (Å²) in [4.78, 5) is 14.0. The summed E-state index contributed by atoms with van der Waals surface area (Å²) in [5.41, 5.74) is 4.37. The first-order chi connectivity index (χ1) is 9.88. The predicted molar refractivity (Wildman–Crippen MR) is 80.7 cm³/mol. The van der Waals surface area contributed by atoms with Gasteiger partial charge in [-0.05, 0) is 25.8 Å². The highest BCUT2D eigenvalue weighted by molar-refractivity contribution is 5.76. The van der Waals surface area contributed by atoms with Gasteiger partial charge in [-0.1, -0.05) is 0 Å². The normalized spacial score (nSPS) is 10.9. The first-order valence-corrected chi connectivity index (χ1v) is 7.09. The monoisotopic (exact) mass is 289 g/mol. The van der Waals surface area contributed by atoms with Gasteiger partial charge in [0.1, 0.15) is 0 Å². The third-order valence-corrected chi connectivity index (χ3v) is 3.85. The minimum Gasteiger partial charge on any atom is -0.341 e. The van der Waals surface area contributed by atoms with Crippen molar-refractivity contribution in [3.05, 3.63) is 34.9 Å². The van der Waals surface area contributed by atoms with Gasteiger partial charge in [-0.3, -0.25) is 14.2 Å². The lowest BCUT2D eigenvalue weighted by atomic mass is 10.1. The van der Waals surface area contributed by atoms with Crippen LogP contribution in [0.4, 0.5) is 0 Å². The molecule has 2 rings (SSSR count). The Morgan fingerprint density at radius 1 is 1.33 bits per heavy atom. The van der Waals surface area contributed by atoms with Crippen LogP contribution in [0, 0.1) is 13.8 Å². The van der Waals surface area contributed by atoms with Gasteiger partial charge in [0.2, 0.25) is 5.91 Å². The van der Waals surface area contributed by atoms with Crippen LogP contribution in [-0.2, 0) is 31.9 Å². The van der Waals surface area contributed by atoms with E-state index in [1.807, 2.05) is 45.9 Å². The summed E-state index contributed by atoms with van der Waals surface area (Å²) in [6.07, 6.45) is 4.96. The second-order valence-electron chi connectivity index (χ2n) is 5.55. The van der Waals surface area contributed by atoms with Crippen molar-refractivity contribution < 1.29 is 4.79 Å². The predicted octanol–water partition coefficient (Wildman–Crippen LogP) is 1.36. The number of hydrogen-bond donors (Lipinski definition) is 0. The standard InChI is InChI=1S/C15H23N5O/c1-11-14(12(2)20(5)17-11)6-7-15(21)18(3)9-13-8-16-19(4)10-13/h8,10H,6-7,9H2,1-5H3. The van der Waals surface area contributed by atoms with E-state index in [1.165, 1.54) is 5.56 Å². The Hall–Kier alpha value is -2.11. The van der Waals surface area contributed by atoms with Gasteiger partial charge in [-0.15, -0.1) is 0 Å². The van der Waals surface area contributed by atoms with Crippen LogP contribution in [0.25, 0.3) is 0 Å². The summed E-state index contributed by atoms with van der Waals surface area (Å²) in [7, 11) is 5.64. The summed E-state index contributed by atoms with van der Waals surface area (Å²) >= 11 is 0. The highest BCUT2D eigenvalue weighted by Crippen LogP contribution is 2.15. The fraction of sp³-hybridized carbons (Fsp3) is 0.533. The van der Waals surface area contributed by atoms with Crippen molar-refractivity contribution in [3.8, 4) is 0 Å².